The fraction of sp³-hybridized carbons (Fsp3) is 1.00. The van der Waals surface area contributed by atoms with Crippen LogP contribution in [0.15, 0.2) is 0 Å². The van der Waals surface area contributed by atoms with Crippen molar-refractivity contribution in [1.82, 2.24) is 0 Å². The maximum Gasteiger partial charge on any atom is 1.00 e. The van der Waals surface area contributed by atoms with Crippen molar-refractivity contribution in [1.29, 1.82) is 0 Å². The van der Waals surface area contributed by atoms with Crippen molar-refractivity contribution in [2.24, 2.45) is 0 Å². The first-order chi connectivity index (χ1) is 10.6. The van der Waals surface area contributed by atoms with E-state index in [9.17, 15) is 61.3 Å². The molecule has 0 aromatic carbocycles. The average molecular weight is 428 g/mol. The Kier molecular flexibility index (Phi) is 10.8. The van der Waals surface area contributed by atoms with E-state index >= 15 is 0 Å². The number of alkyl halides is 11. The molecule has 0 aliphatic heterocycles. The molecule has 3 nitrogen and oxygen atoms in total. The average Bonchev–Trinajstić information content (AvgIpc) is 2.48. The van der Waals surface area contributed by atoms with E-state index < -0.39 is 65.0 Å². The number of hydrogen-bond donors (Lipinski definition) is 0. The fourth-order valence-electron chi connectivity index (χ4n) is 1.36. The van der Waals surface area contributed by atoms with Gasteiger partial charge in [-0.2, -0.15) is 8.78 Å². The first-order valence-corrected chi connectivity index (χ1v) is 7.13. The summed E-state index contributed by atoms with van der Waals surface area (Å²) in [5.41, 5.74) is -4.90. The third kappa shape index (κ3) is 6.66. The van der Waals surface area contributed by atoms with E-state index in [0.29, 0.717) is 0 Å². The molecule has 0 N–H and O–H groups in total. The molecule has 0 spiro atoms. The van der Waals surface area contributed by atoms with E-state index in [4.69, 9.17) is 0 Å². The van der Waals surface area contributed by atoms with Gasteiger partial charge in [0.2, 0.25) is 6.17 Å². The number of hydrogen-bond acceptors (Lipinski definition) is 3. The summed E-state index contributed by atoms with van der Waals surface area (Å²) in [7, 11) is -6.55. The summed E-state index contributed by atoms with van der Waals surface area (Å²) in [4.78, 5) is 0. The minimum absolute atomic E-state index is 0. The summed E-state index contributed by atoms with van der Waals surface area (Å²) in [6.45, 7) is 0. The second-order valence-corrected chi connectivity index (χ2v) is 5.84. The Bertz CT molecular complexity index is 507. The molecule has 25 heavy (non-hydrogen) atoms. The summed E-state index contributed by atoms with van der Waals surface area (Å²) < 4.78 is 169. The third-order valence-electron chi connectivity index (χ3n) is 2.66. The number of halogens is 11. The van der Waals surface area contributed by atoms with Gasteiger partial charge in [-0.3, -0.25) is 0 Å². The molecule has 0 aromatic heterocycles. The summed E-state index contributed by atoms with van der Waals surface area (Å²) in [6.07, 6.45) is -30.2. The molecule has 0 aromatic rings. The maximum atomic E-state index is 13.1. The van der Waals surface area contributed by atoms with Crippen LogP contribution >= 0.6 is 0 Å². The Labute approximate surface area is 156 Å². The first-order valence-electron chi connectivity index (χ1n) is 5.65. The summed E-state index contributed by atoms with van der Waals surface area (Å²) in [6, 6.07) is 0. The van der Waals surface area contributed by atoms with E-state index in [1.807, 2.05) is 0 Å². The van der Waals surface area contributed by atoms with Crippen LogP contribution in [0.3, 0.4) is 0 Å². The Morgan fingerprint density at radius 3 is 1.32 bits per heavy atom. The zero-order valence-electron chi connectivity index (χ0n) is 11.9. The Hall–Kier alpha value is 0.140. The van der Waals surface area contributed by atoms with E-state index in [2.05, 4.69) is 0 Å². The molecule has 7 atom stereocenters. The molecule has 0 saturated heterocycles. The van der Waals surface area contributed by atoms with E-state index in [0.717, 1.165) is 0 Å². The van der Waals surface area contributed by atoms with Crippen molar-refractivity contribution in [3.05, 3.63) is 0 Å². The molecular weight excluding hydrogens is 420 g/mol. The SMILES string of the molecule is O=S(=O)([O-])C(F)C(F)(F)C(F)C(F)C(F)C(F)C(F)C(F)C(F)F.[Na+]. The van der Waals surface area contributed by atoms with Gasteiger partial charge < -0.3 is 4.55 Å². The zero-order valence-corrected chi connectivity index (χ0v) is 14.7. The van der Waals surface area contributed by atoms with Gasteiger partial charge in [0, 0.05) is 0 Å². The first kappa shape index (κ1) is 27.4. The van der Waals surface area contributed by atoms with Crippen molar-refractivity contribution < 1.29 is 90.8 Å². The fourth-order valence-corrected chi connectivity index (χ4v) is 1.87. The van der Waals surface area contributed by atoms with E-state index in [1.165, 1.54) is 0 Å². The van der Waals surface area contributed by atoms with Crippen LogP contribution in [0.25, 0.3) is 0 Å². The van der Waals surface area contributed by atoms with Gasteiger partial charge in [-0.05, 0) is 0 Å². The summed E-state index contributed by atoms with van der Waals surface area (Å²) in [5, 5.41) is 0. The summed E-state index contributed by atoms with van der Waals surface area (Å²) in [5.74, 6) is -6.02. The second kappa shape index (κ2) is 9.90. The van der Waals surface area contributed by atoms with Crippen molar-refractivity contribution in [3.63, 3.8) is 0 Å². The molecule has 0 amide bonds. The Morgan fingerprint density at radius 1 is 0.680 bits per heavy atom. The predicted octanol–water partition coefficient (Wildman–Crippen LogP) is -0.240. The molecule has 0 bridgehead atoms. The van der Waals surface area contributed by atoms with Crippen LogP contribution in [0, 0.1) is 0 Å². The molecule has 0 rings (SSSR count). The van der Waals surface area contributed by atoms with Crippen LogP contribution in [-0.4, -0.2) is 67.9 Å². The second-order valence-electron chi connectivity index (χ2n) is 4.44. The number of rotatable bonds is 9. The monoisotopic (exact) mass is 428 g/mol. The molecule has 146 valence electrons. The normalized spacial score (nSPS) is 21.6. The van der Waals surface area contributed by atoms with Gasteiger partial charge in [-0.1, -0.05) is 0 Å². The largest absolute Gasteiger partial charge is 1.00 e. The van der Waals surface area contributed by atoms with E-state index in [-0.39, 0.29) is 29.6 Å². The smallest absolute Gasteiger partial charge is 0.746 e. The predicted molar refractivity (Wildman–Crippen MR) is 54.9 cm³/mol. The molecule has 0 aliphatic carbocycles. The molecule has 0 fully saturated rings. The van der Waals surface area contributed by atoms with Gasteiger partial charge in [0.1, 0.15) is 10.1 Å². The van der Waals surface area contributed by atoms with Gasteiger partial charge in [0.25, 0.3) is 11.9 Å². The van der Waals surface area contributed by atoms with Crippen molar-refractivity contribution in [2.45, 2.75) is 54.9 Å². The van der Waals surface area contributed by atoms with Crippen LogP contribution in [0.1, 0.15) is 0 Å². The Balaban J connectivity index is 0. The zero-order chi connectivity index (χ0) is 19.6. The Morgan fingerprint density at radius 2 is 1.00 bits per heavy atom. The maximum absolute atomic E-state index is 13.1. The standard InChI is InChI=1S/C9H9F11O3S.Na/c10-1(3(12)5(14)7(16)17)2(11)4(13)6(15)9(19,20)8(18)24(21,22)23;/h1-8H,(H,21,22,23);/q;+1/p-1. The minimum Gasteiger partial charge on any atom is -0.746 e. The molecular formula is C9H8F11NaO3S. The van der Waals surface area contributed by atoms with Gasteiger partial charge in [-0.15, -0.1) is 0 Å². The molecule has 0 radical (unpaired) electrons. The quantitative estimate of drug-likeness (QED) is 0.290. The van der Waals surface area contributed by atoms with Gasteiger partial charge in [0.15, 0.2) is 30.9 Å². The van der Waals surface area contributed by atoms with Crippen LogP contribution < -0.4 is 29.6 Å². The topological polar surface area (TPSA) is 57.2 Å². The molecule has 7 unspecified atom stereocenters. The van der Waals surface area contributed by atoms with E-state index in [1.54, 1.807) is 0 Å². The van der Waals surface area contributed by atoms with Crippen LogP contribution in [0.4, 0.5) is 48.3 Å². The van der Waals surface area contributed by atoms with Gasteiger partial charge in [-0.25, -0.2) is 47.9 Å². The van der Waals surface area contributed by atoms with Crippen molar-refractivity contribution in [2.75, 3.05) is 0 Å². The van der Waals surface area contributed by atoms with Crippen LogP contribution in [0.5, 0.6) is 0 Å². The van der Waals surface area contributed by atoms with Gasteiger partial charge in [0.05, 0.1) is 0 Å². The summed E-state index contributed by atoms with van der Waals surface area (Å²) >= 11 is 0. The van der Waals surface area contributed by atoms with Gasteiger partial charge >= 0.3 is 35.5 Å². The molecule has 0 heterocycles. The molecule has 0 aliphatic rings. The minimum atomic E-state index is -6.55. The van der Waals surface area contributed by atoms with Crippen molar-refractivity contribution >= 4 is 10.1 Å². The van der Waals surface area contributed by atoms with Crippen LogP contribution in [0.2, 0.25) is 0 Å². The molecule has 16 heteroatoms. The third-order valence-corrected chi connectivity index (χ3v) is 3.48. The van der Waals surface area contributed by atoms with Crippen molar-refractivity contribution in [3.8, 4) is 0 Å². The molecule has 0 saturated carbocycles. The van der Waals surface area contributed by atoms with Crippen LogP contribution in [-0.2, 0) is 10.1 Å².